The summed E-state index contributed by atoms with van der Waals surface area (Å²) in [7, 11) is 0. The second kappa shape index (κ2) is 5.72. The molecule has 86 valence electrons. The Kier molecular flexibility index (Phi) is 4.28. The lowest BCUT2D eigenvalue weighted by Gasteiger charge is -2.08. The van der Waals surface area contributed by atoms with Gasteiger partial charge in [-0.25, -0.2) is 19.4 Å². The predicted molar refractivity (Wildman–Crippen MR) is 54.9 cm³/mol. The Balaban J connectivity index is 2.43. The highest BCUT2D eigenvalue weighted by molar-refractivity contribution is 5.76. The first-order valence-electron chi connectivity index (χ1n) is 4.57. The van der Waals surface area contributed by atoms with Crippen molar-refractivity contribution in [3.8, 4) is 0 Å². The van der Waals surface area contributed by atoms with Gasteiger partial charge in [-0.1, -0.05) is 30.3 Å². The molecule has 1 aromatic carbocycles. The van der Waals surface area contributed by atoms with Crippen LogP contribution in [0.1, 0.15) is 5.56 Å². The summed E-state index contributed by atoms with van der Waals surface area (Å²) in [6, 6.07) is 8.25. The maximum absolute atomic E-state index is 11.2. The standard InChI is InChI=1S/C10H12N2O4/c11-8(9(13)15-16-10(12)14)6-7-4-2-1-3-5-7/h1-5,8H,6,11H2,(H2,12,14)/t8-/m0/s1. The van der Waals surface area contributed by atoms with Crippen molar-refractivity contribution < 1.29 is 19.4 Å². The summed E-state index contributed by atoms with van der Waals surface area (Å²) < 4.78 is 0. The van der Waals surface area contributed by atoms with E-state index < -0.39 is 18.1 Å². The zero-order valence-corrected chi connectivity index (χ0v) is 8.46. The van der Waals surface area contributed by atoms with Gasteiger partial charge in [0.2, 0.25) is 0 Å². The van der Waals surface area contributed by atoms with Gasteiger partial charge in [0.25, 0.3) is 0 Å². The van der Waals surface area contributed by atoms with Gasteiger partial charge in [0, 0.05) is 0 Å². The molecule has 0 fully saturated rings. The van der Waals surface area contributed by atoms with Gasteiger partial charge in [0.1, 0.15) is 6.04 Å². The zero-order valence-electron chi connectivity index (χ0n) is 8.46. The second-order valence-electron chi connectivity index (χ2n) is 3.10. The van der Waals surface area contributed by atoms with Crippen LogP contribution in [-0.4, -0.2) is 18.1 Å². The molecule has 16 heavy (non-hydrogen) atoms. The summed E-state index contributed by atoms with van der Waals surface area (Å²) in [5, 5.41) is 0. The molecule has 0 aromatic heterocycles. The Morgan fingerprint density at radius 1 is 1.19 bits per heavy atom. The number of nitrogens with two attached hydrogens (primary N) is 2. The molecule has 1 amide bonds. The molecule has 1 aromatic rings. The lowest BCUT2D eigenvalue weighted by Crippen LogP contribution is -2.35. The third-order valence-corrected chi connectivity index (χ3v) is 1.81. The first-order chi connectivity index (χ1) is 7.59. The van der Waals surface area contributed by atoms with E-state index in [1.165, 1.54) is 0 Å². The van der Waals surface area contributed by atoms with Crippen molar-refractivity contribution >= 4 is 12.1 Å². The molecule has 4 N–H and O–H groups in total. The highest BCUT2D eigenvalue weighted by Gasteiger charge is 2.18. The SMILES string of the molecule is NC(=O)OOC(=O)[C@@H](N)Cc1ccccc1. The van der Waals surface area contributed by atoms with E-state index in [4.69, 9.17) is 5.73 Å². The number of hydrogen-bond donors (Lipinski definition) is 2. The van der Waals surface area contributed by atoms with Crippen LogP contribution in [0.4, 0.5) is 4.79 Å². The average Bonchev–Trinajstić information content (AvgIpc) is 2.27. The highest BCUT2D eigenvalue weighted by Crippen LogP contribution is 2.02. The molecule has 0 bridgehead atoms. The van der Waals surface area contributed by atoms with E-state index in [2.05, 4.69) is 15.5 Å². The molecule has 0 saturated heterocycles. The maximum Gasteiger partial charge on any atom is 0.447 e. The number of benzene rings is 1. The molecule has 1 atom stereocenters. The van der Waals surface area contributed by atoms with Crippen molar-refractivity contribution in [3.63, 3.8) is 0 Å². The van der Waals surface area contributed by atoms with Crippen molar-refractivity contribution in [2.24, 2.45) is 11.5 Å². The van der Waals surface area contributed by atoms with Crippen LogP contribution in [0.15, 0.2) is 30.3 Å². The van der Waals surface area contributed by atoms with Gasteiger partial charge in [0.05, 0.1) is 0 Å². The molecule has 0 radical (unpaired) electrons. The predicted octanol–water partition coefficient (Wildman–Crippen LogP) is 0.110. The van der Waals surface area contributed by atoms with Crippen LogP contribution >= 0.6 is 0 Å². The minimum absolute atomic E-state index is 0.293. The number of amides is 1. The van der Waals surface area contributed by atoms with E-state index in [1.54, 1.807) is 0 Å². The van der Waals surface area contributed by atoms with Crippen LogP contribution in [-0.2, 0) is 21.0 Å². The summed E-state index contributed by atoms with van der Waals surface area (Å²) in [5.41, 5.74) is 11.0. The van der Waals surface area contributed by atoms with Crippen LogP contribution < -0.4 is 11.5 Å². The van der Waals surface area contributed by atoms with E-state index in [0.29, 0.717) is 6.42 Å². The summed E-state index contributed by atoms with van der Waals surface area (Å²) >= 11 is 0. The average molecular weight is 224 g/mol. The summed E-state index contributed by atoms with van der Waals surface area (Å²) in [6.07, 6.45) is -0.901. The van der Waals surface area contributed by atoms with Gasteiger partial charge in [-0.05, 0) is 12.0 Å². The van der Waals surface area contributed by atoms with Crippen LogP contribution in [0, 0.1) is 0 Å². The number of carbonyl (C=O) groups is 2. The lowest BCUT2D eigenvalue weighted by atomic mass is 10.1. The molecule has 0 unspecified atom stereocenters. The lowest BCUT2D eigenvalue weighted by molar-refractivity contribution is -0.232. The van der Waals surface area contributed by atoms with Gasteiger partial charge >= 0.3 is 12.1 Å². The van der Waals surface area contributed by atoms with Gasteiger partial charge in [0.15, 0.2) is 0 Å². The summed E-state index contributed by atoms with van der Waals surface area (Å²) in [4.78, 5) is 29.3. The van der Waals surface area contributed by atoms with Gasteiger partial charge in [-0.3, -0.25) is 0 Å². The zero-order chi connectivity index (χ0) is 12.0. The van der Waals surface area contributed by atoms with Gasteiger partial charge < -0.3 is 11.5 Å². The third kappa shape index (κ3) is 3.97. The fourth-order valence-electron chi connectivity index (χ4n) is 1.10. The topological polar surface area (TPSA) is 105 Å². The van der Waals surface area contributed by atoms with E-state index >= 15 is 0 Å². The van der Waals surface area contributed by atoms with Crippen LogP contribution in [0.25, 0.3) is 0 Å². The molecule has 0 saturated carbocycles. The first kappa shape index (κ1) is 12.0. The van der Waals surface area contributed by atoms with E-state index in [1.807, 2.05) is 30.3 Å². The fraction of sp³-hybridized carbons (Fsp3) is 0.200. The number of hydrogen-bond acceptors (Lipinski definition) is 5. The molecule has 6 nitrogen and oxygen atoms in total. The first-order valence-corrected chi connectivity index (χ1v) is 4.57. The Bertz CT molecular complexity index is 366. The number of primary amides is 1. The monoisotopic (exact) mass is 224 g/mol. The van der Waals surface area contributed by atoms with Crippen LogP contribution in [0.2, 0.25) is 0 Å². The van der Waals surface area contributed by atoms with Crippen molar-refractivity contribution in [2.75, 3.05) is 0 Å². The summed E-state index contributed by atoms with van der Waals surface area (Å²) in [6.45, 7) is 0. The molecule has 6 heteroatoms. The largest absolute Gasteiger partial charge is 0.447 e. The summed E-state index contributed by atoms with van der Waals surface area (Å²) in [5.74, 6) is -0.845. The molecule has 0 aliphatic heterocycles. The number of rotatable bonds is 3. The van der Waals surface area contributed by atoms with E-state index in [9.17, 15) is 9.59 Å². The number of carbonyl (C=O) groups excluding carboxylic acids is 2. The van der Waals surface area contributed by atoms with Crippen LogP contribution in [0.5, 0.6) is 0 Å². The molecule has 0 heterocycles. The minimum atomic E-state index is -1.19. The fourth-order valence-corrected chi connectivity index (χ4v) is 1.10. The maximum atomic E-state index is 11.2. The second-order valence-corrected chi connectivity index (χ2v) is 3.10. The Morgan fingerprint density at radius 3 is 2.38 bits per heavy atom. The van der Waals surface area contributed by atoms with Crippen molar-refractivity contribution in [2.45, 2.75) is 12.5 Å². The minimum Gasteiger partial charge on any atom is -0.332 e. The Hall–Kier alpha value is -2.08. The molecule has 0 aliphatic rings. The van der Waals surface area contributed by atoms with Crippen molar-refractivity contribution in [3.05, 3.63) is 35.9 Å². The molecular formula is C10H12N2O4. The smallest absolute Gasteiger partial charge is 0.332 e. The Morgan fingerprint density at radius 2 is 1.81 bits per heavy atom. The molecule has 0 aliphatic carbocycles. The highest BCUT2D eigenvalue weighted by atomic mass is 17.2. The molecule has 0 spiro atoms. The molecular weight excluding hydrogens is 212 g/mol. The molecule has 1 rings (SSSR count). The normalized spacial score (nSPS) is 11.6. The van der Waals surface area contributed by atoms with Crippen molar-refractivity contribution in [1.82, 2.24) is 0 Å². The van der Waals surface area contributed by atoms with E-state index in [-0.39, 0.29) is 0 Å². The quantitative estimate of drug-likeness (QED) is 0.560. The van der Waals surface area contributed by atoms with Gasteiger partial charge in [-0.2, -0.15) is 0 Å². The van der Waals surface area contributed by atoms with E-state index in [0.717, 1.165) is 5.56 Å². The van der Waals surface area contributed by atoms with Crippen LogP contribution in [0.3, 0.4) is 0 Å². The van der Waals surface area contributed by atoms with Crippen molar-refractivity contribution in [1.29, 1.82) is 0 Å². The Labute approximate surface area is 92.1 Å². The van der Waals surface area contributed by atoms with Gasteiger partial charge in [-0.15, -0.1) is 0 Å². The third-order valence-electron chi connectivity index (χ3n) is 1.81.